The van der Waals surface area contributed by atoms with Crippen LogP contribution in [0, 0.1) is 0 Å². The number of sulfonamides is 1. The standard InChI is InChI=1S/C9H14ClN5O2S/c1-18(16,17)15-4-2-14(3-5-15)9-7(11)8(10)12-6-13-9/h6H,2-5,11H2,1H3. The molecule has 0 bridgehead atoms. The first-order chi connectivity index (χ1) is 8.39. The van der Waals surface area contributed by atoms with Gasteiger partial charge in [-0.1, -0.05) is 11.6 Å². The minimum Gasteiger partial charge on any atom is -0.393 e. The molecule has 0 amide bonds. The van der Waals surface area contributed by atoms with Crippen molar-refractivity contribution in [3.63, 3.8) is 0 Å². The summed E-state index contributed by atoms with van der Waals surface area (Å²) < 4.78 is 24.2. The molecule has 1 aromatic rings. The molecule has 0 spiro atoms. The molecule has 2 heterocycles. The van der Waals surface area contributed by atoms with Crippen molar-refractivity contribution in [2.45, 2.75) is 0 Å². The number of piperazine rings is 1. The van der Waals surface area contributed by atoms with Crippen LogP contribution in [0.15, 0.2) is 6.33 Å². The Morgan fingerprint density at radius 2 is 1.89 bits per heavy atom. The topological polar surface area (TPSA) is 92.4 Å². The van der Waals surface area contributed by atoms with Crippen LogP contribution in [0.5, 0.6) is 0 Å². The van der Waals surface area contributed by atoms with E-state index in [9.17, 15) is 8.42 Å². The van der Waals surface area contributed by atoms with E-state index in [2.05, 4.69) is 9.97 Å². The van der Waals surface area contributed by atoms with Crippen LogP contribution in [0.1, 0.15) is 0 Å². The number of nitrogens with zero attached hydrogens (tertiary/aromatic N) is 4. The fourth-order valence-electron chi connectivity index (χ4n) is 1.85. The van der Waals surface area contributed by atoms with E-state index in [4.69, 9.17) is 17.3 Å². The van der Waals surface area contributed by atoms with Crippen molar-refractivity contribution in [1.29, 1.82) is 0 Å². The van der Waals surface area contributed by atoms with Gasteiger partial charge >= 0.3 is 0 Å². The van der Waals surface area contributed by atoms with Gasteiger partial charge in [-0.3, -0.25) is 0 Å². The maximum atomic E-state index is 11.4. The third kappa shape index (κ3) is 2.65. The van der Waals surface area contributed by atoms with Gasteiger partial charge in [-0.2, -0.15) is 4.31 Å². The Labute approximate surface area is 111 Å². The Balaban J connectivity index is 2.13. The Hall–Kier alpha value is -1.12. The van der Waals surface area contributed by atoms with E-state index in [1.807, 2.05) is 4.90 Å². The number of halogens is 1. The molecule has 0 aromatic carbocycles. The van der Waals surface area contributed by atoms with E-state index in [1.54, 1.807) is 0 Å². The molecule has 1 aliphatic rings. The number of aromatic nitrogens is 2. The summed E-state index contributed by atoms with van der Waals surface area (Å²) in [6, 6.07) is 0. The van der Waals surface area contributed by atoms with E-state index < -0.39 is 10.0 Å². The van der Waals surface area contributed by atoms with E-state index >= 15 is 0 Å². The monoisotopic (exact) mass is 291 g/mol. The van der Waals surface area contributed by atoms with Crippen molar-refractivity contribution < 1.29 is 8.42 Å². The van der Waals surface area contributed by atoms with E-state index in [1.165, 1.54) is 16.9 Å². The minimum atomic E-state index is -3.13. The Morgan fingerprint density at radius 3 is 2.44 bits per heavy atom. The molecule has 1 aliphatic heterocycles. The summed E-state index contributed by atoms with van der Waals surface area (Å²) >= 11 is 5.83. The van der Waals surface area contributed by atoms with Crippen LogP contribution in [-0.2, 0) is 10.0 Å². The summed E-state index contributed by atoms with van der Waals surface area (Å²) in [5.74, 6) is 0.558. The van der Waals surface area contributed by atoms with E-state index in [0.717, 1.165) is 0 Å². The molecule has 1 fully saturated rings. The zero-order valence-electron chi connectivity index (χ0n) is 9.87. The van der Waals surface area contributed by atoms with Crippen LogP contribution < -0.4 is 10.6 Å². The maximum absolute atomic E-state index is 11.4. The number of hydrogen-bond donors (Lipinski definition) is 1. The van der Waals surface area contributed by atoms with Crippen molar-refractivity contribution in [2.24, 2.45) is 0 Å². The fourth-order valence-corrected chi connectivity index (χ4v) is 2.80. The average Bonchev–Trinajstić information content (AvgIpc) is 2.32. The van der Waals surface area contributed by atoms with E-state index in [-0.39, 0.29) is 5.15 Å². The average molecular weight is 292 g/mol. The molecule has 9 heteroatoms. The first kappa shape index (κ1) is 13.3. The lowest BCUT2D eigenvalue weighted by atomic mass is 10.3. The van der Waals surface area contributed by atoms with Gasteiger partial charge in [0.1, 0.15) is 12.0 Å². The lowest BCUT2D eigenvalue weighted by Gasteiger charge is -2.34. The van der Waals surface area contributed by atoms with Crippen molar-refractivity contribution in [3.8, 4) is 0 Å². The Morgan fingerprint density at radius 1 is 1.28 bits per heavy atom. The lowest BCUT2D eigenvalue weighted by Crippen LogP contribution is -2.48. The molecule has 18 heavy (non-hydrogen) atoms. The summed E-state index contributed by atoms with van der Waals surface area (Å²) in [5, 5.41) is 0.213. The Kier molecular flexibility index (Phi) is 3.60. The van der Waals surface area contributed by atoms with Crippen LogP contribution in [-0.4, -0.2) is 55.1 Å². The maximum Gasteiger partial charge on any atom is 0.211 e. The highest BCUT2D eigenvalue weighted by atomic mass is 35.5. The smallest absolute Gasteiger partial charge is 0.211 e. The summed E-state index contributed by atoms with van der Waals surface area (Å²) in [7, 11) is -3.13. The van der Waals surface area contributed by atoms with Crippen molar-refractivity contribution >= 4 is 33.1 Å². The second-order valence-corrected chi connectivity index (χ2v) is 6.39. The molecule has 0 unspecified atom stereocenters. The van der Waals surface area contributed by atoms with Gasteiger partial charge in [-0.25, -0.2) is 18.4 Å². The molecule has 1 saturated heterocycles. The molecule has 100 valence electrons. The minimum absolute atomic E-state index is 0.213. The van der Waals surface area contributed by atoms with Gasteiger partial charge in [0.05, 0.1) is 6.26 Å². The second kappa shape index (κ2) is 4.87. The highest BCUT2D eigenvalue weighted by Gasteiger charge is 2.25. The van der Waals surface area contributed by atoms with Gasteiger partial charge < -0.3 is 10.6 Å². The highest BCUT2D eigenvalue weighted by Crippen LogP contribution is 2.26. The van der Waals surface area contributed by atoms with Gasteiger partial charge in [-0.05, 0) is 0 Å². The third-order valence-corrected chi connectivity index (χ3v) is 4.43. The lowest BCUT2D eigenvalue weighted by molar-refractivity contribution is 0.387. The Bertz CT molecular complexity index is 542. The van der Waals surface area contributed by atoms with Crippen LogP contribution >= 0.6 is 11.6 Å². The number of anilines is 2. The van der Waals surface area contributed by atoms with Gasteiger partial charge in [0.25, 0.3) is 0 Å². The number of nitrogens with two attached hydrogens (primary N) is 1. The molecule has 7 nitrogen and oxygen atoms in total. The third-order valence-electron chi connectivity index (χ3n) is 2.82. The molecular formula is C9H14ClN5O2S. The van der Waals surface area contributed by atoms with Crippen LogP contribution in [0.4, 0.5) is 11.5 Å². The van der Waals surface area contributed by atoms with Gasteiger partial charge in [0, 0.05) is 26.2 Å². The fraction of sp³-hybridized carbons (Fsp3) is 0.556. The summed E-state index contributed by atoms with van der Waals surface area (Å²) in [5.41, 5.74) is 6.13. The number of nitrogen functional groups attached to an aromatic ring is 1. The molecule has 2 rings (SSSR count). The molecular weight excluding hydrogens is 278 g/mol. The summed E-state index contributed by atoms with van der Waals surface area (Å²) in [6.45, 7) is 1.90. The normalized spacial score (nSPS) is 18.0. The quantitative estimate of drug-likeness (QED) is 0.758. The SMILES string of the molecule is CS(=O)(=O)N1CCN(c2ncnc(Cl)c2N)CC1. The zero-order valence-corrected chi connectivity index (χ0v) is 11.4. The van der Waals surface area contributed by atoms with Crippen molar-refractivity contribution in [1.82, 2.24) is 14.3 Å². The first-order valence-corrected chi connectivity index (χ1v) is 7.58. The largest absolute Gasteiger partial charge is 0.393 e. The van der Waals surface area contributed by atoms with Crippen LogP contribution in [0.25, 0.3) is 0 Å². The van der Waals surface area contributed by atoms with E-state index in [0.29, 0.717) is 37.7 Å². The summed E-state index contributed by atoms with van der Waals surface area (Å²) in [4.78, 5) is 9.78. The van der Waals surface area contributed by atoms with Crippen molar-refractivity contribution in [3.05, 3.63) is 11.5 Å². The molecule has 0 atom stereocenters. The highest BCUT2D eigenvalue weighted by molar-refractivity contribution is 7.88. The predicted octanol–water partition coefficient (Wildman–Crippen LogP) is -0.206. The molecule has 1 aromatic heterocycles. The predicted molar refractivity (Wildman–Crippen MR) is 70.1 cm³/mol. The molecule has 0 aliphatic carbocycles. The molecule has 0 radical (unpaired) electrons. The zero-order chi connectivity index (χ0) is 13.3. The molecule has 0 saturated carbocycles. The number of rotatable bonds is 2. The van der Waals surface area contributed by atoms with Gasteiger partial charge in [-0.15, -0.1) is 0 Å². The second-order valence-electron chi connectivity index (χ2n) is 4.05. The molecule has 2 N–H and O–H groups in total. The van der Waals surface area contributed by atoms with Gasteiger partial charge in [0.15, 0.2) is 11.0 Å². The number of hydrogen-bond acceptors (Lipinski definition) is 6. The van der Waals surface area contributed by atoms with Crippen LogP contribution in [0.3, 0.4) is 0 Å². The first-order valence-electron chi connectivity index (χ1n) is 5.35. The summed E-state index contributed by atoms with van der Waals surface area (Å²) in [6.07, 6.45) is 2.55. The van der Waals surface area contributed by atoms with Crippen molar-refractivity contribution in [2.75, 3.05) is 43.1 Å². The van der Waals surface area contributed by atoms with Gasteiger partial charge in [0.2, 0.25) is 10.0 Å². The van der Waals surface area contributed by atoms with Crippen LogP contribution in [0.2, 0.25) is 5.15 Å².